The number of rotatable bonds is 3. The van der Waals surface area contributed by atoms with Crippen LogP contribution in [0.5, 0.6) is 0 Å². The first kappa shape index (κ1) is 13.2. The molecule has 3 atom stereocenters. The molecule has 0 aromatic carbocycles. The van der Waals surface area contributed by atoms with Crippen molar-refractivity contribution in [1.29, 1.82) is 0 Å². The quantitative estimate of drug-likeness (QED) is 0.807. The van der Waals surface area contributed by atoms with Gasteiger partial charge >= 0.3 is 0 Å². The number of ether oxygens (including phenoxy) is 1. The van der Waals surface area contributed by atoms with Crippen LogP contribution in [0.15, 0.2) is 23.4 Å². The second kappa shape index (κ2) is 5.65. The van der Waals surface area contributed by atoms with E-state index in [-0.39, 0.29) is 0 Å². The Kier molecular flexibility index (Phi) is 3.91. The fourth-order valence-electron chi connectivity index (χ4n) is 3.51. The number of hydrogen-bond donors (Lipinski definition) is 2. The fraction of sp³-hybridized carbons (Fsp3) is 0.733. The van der Waals surface area contributed by atoms with Crippen LogP contribution in [0.1, 0.15) is 26.7 Å². The summed E-state index contributed by atoms with van der Waals surface area (Å²) in [7, 11) is 0. The molecule has 19 heavy (non-hydrogen) atoms. The van der Waals surface area contributed by atoms with Crippen LogP contribution < -0.4 is 10.9 Å². The van der Waals surface area contributed by atoms with Crippen molar-refractivity contribution in [2.24, 2.45) is 5.92 Å². The summed E-state index contributed by atoms with van der Waals surface area (Å²) in [5.74, 6) is 0.705. The normalized spacial score (nSPS) is 35.4. The SMILES string of the molecule is CC1CN(CCC2CC=CC3=C2CNN3)CC(C)O1. The van der Waals surface area contributed by atoms with Gasteiger partial charge in [-0.25, -0.2) is 5.43 Å². The summed E-state index contributed by atoms with van der Waals surface area (Å²) >= 11 is 0. The van der Waals surface area contributed by atoms with Crippen molar-refractivity contribution in [2.45, 2.75) is 38.9 Å². The van der Waals surface area contributed by atoms with Gasteiger partial charge in [0.15, 0.2) is 0 Å². The highest BCUT2D eigenvalue weighted by Crippen LogP contribution is 2.29. The highest BCUT2D eigenvalue weighted by molar-refractivity contribution is 5.33. The first-order valence-electron chi connectivity index (χ1n) is 7.48. The second-order valence-electron chi connectivity index (χ2n) is 6.06. The Balaban J connectivity index is 1.53. The van der Waals surface area contributed by atoms with E-state index in [1.54, 1.807) is 5.57 Å². The molecule has 0 amide bonds. The fourth-order valence-corrected chi connectivity index (χ4v) is 3.51. The van der Waals surface area contributed by atoms with Gasteiger partial charge in [-0.1, -0.05) is 6.08 Å². The van der Waals surface area contributed by atoms with Gasteiger partial charge in [0.1, 0.15) is 0 Å². The van der Waals surface area contributed by atoms with Crippen LogP contribution in [0.2, 0.25) is 0 Å². The molecule has 2 aliphatic heterocycles. The minimum atomic E-state index is 0.375. The Bertz CT molecular complexity index is 381. The molecule has 4 heteroatoms. The predicted molar refractivity (Wildman–Crippen MR) is 76.5 cm³/mol. The van der Waals surface area contributed by atoms with E-state index in [0.717, 1.165) is 19.6 Å². The lowest BCUT2D eigenvalue weighted by atomic mass is 9.87. The van der Waals surface area contributed by atoms with Gasteiger partial charge in [-0.3, -0.25) is 4.90 Å². The summed E-state index contributed by atoms with van der Waals surface area (Å²) < 4.78 is 5.80. The number of allylic oxidation sites excluding steroid dienone is 2. The minimum Gasteiger partial charge on any atom is -0.373 e. The van der Waals surface area contributed by atoms with Crippen LogP contribution in [0.25, 0.3) is 0 Å². The average Bonchev–Trinajstić information content (AvgIpc) is 2.83. The maximum absolute atomic E-state index is 5.80. The molecule has 106 valence electrons. The lowest BCUT2D eigenvalue weighted by molar-refractivity contribution is -0.0687. The average molecular weight is 263 g/mol. The van der Waals surface area contributed by atoms with Gasteiger partial charge < -0.3 is 10.2 Å². The lowest BCUT2D eigenvalue weighted by Gasteiger charge is -2.36. The van der Waals surface area contributed by atoms with E-state index in [4.69, 9.17) is 4.74 Å². The summed E-state index contributed by atoms with van der Waals surface area (Å²) in [6, 6.07) is 0. The van der Waals surface area contributed by atoms with Crippen LogP contribution in [0.4, 0.5) is 0 Å². The molecule has 0 aromatic heterocycles. The summed E-state index contributed by atoms with van der Waals surface area (Å²) in [5.41, 5.74) is 9.36. The van der Waals surface area contributed by atoms with Gasteiger partial charge in [-0.15, -0.1) is 0 Å². The van der Waals surface area contributed by atoms with Crippen molar-refractivity contribution in [1.82, 2.24) is 15.8 Å². The first-order chi connectivity index (χ1) is 9.22. The Hall–Kier alpha value is -0.840. The van der Waals surface area contributed by atoms with Gasteiger partial charge in [-0.05, 0) is 50.8 Å². The van der Waals surface area contributed by atoms with E-state index in [9.17, 15) is 0 Å². The molecule has 0 aromatic rings. The Morgan fingerprint density at radius 2 is 2.11 bits per heavy atom. The molecular weight excluding hydrogens is 238 g/mol. The van der Waals surface area contributed by atoms with Gasteiger partial charge in [0.2, 0.25) is 0 Å². The molecule has 2 N–H and O–H groups in total. The van der Waals surface area contributed by atoms with Crippen molar-refractivity contribution in [3.05, 3.63) is 23.4 Å². The zero-order valence-corrected chi connectivity index (χ0v) is 12.0. The summed E-state index contributed by atoms with van der Waals surface area (Å²) in [6.07, 6.45) is 7.71. The molecule has 0 saturated carbocycles. The van der Waals surface area contributed by atoms with E-state index in [2.05, 4.69) is 41.8 Å². The third-order valence-electron chi connectivity index (χ3n) is 4.33. The molecule has 1 saturated heterocycles. The maximum Gasteiger partial charge on any atom is 0.0678 e. The molecule has 0 bridgehead atoms. The van der Waals surface area contributed by atoms with Crippen LogP contribution in [0, 0.1) is 5.92 Å². The van der Waals surface area contributed by atoms with Gasteiger partial charge in [0.25, 0.3) is 0 Å². The zero-order valence-electron chi connectivity index (χ0n) is 12.0. The smallest absolute Gasteiger partial charge is 0.0678 e. The largest absolute Gasteiger partial charge is 0.373 e. The van der Waals surface area contributed by atoms with Crippen molar-refractivity contribution in [3.63, 3.8) is 0 Å². The molecular formula is C15H25N3O. The van der Waals surface area contributed by atoms with Gasteiger partial charge in [-0.2, -0.15) is 0 Å². The van der Waals surface area contributed by atoms with Crippen LogP contribution in [-0.4, -0.2) is 43.3 Å². The van der Waals surface area contributed by atoms with Crippen molar-refractivity contribution < 1.29 is 4.74 Å². The van der Waals surface area contributed by atoms with Gasteiger partial charge in [0.05, 0.1) is 12.2 Å². The highest BCUT2D eigenvalue weighted by atomic mass is 16.5. The van der Waals surface area contributed by atoms with E-state index in [0.29, 0.717) is 18.1 Å². The molecule has 0 radical (unpaired) electrons. The summed E-state index contributed by atoms with van der Waals surface area (Å²) in [6.45, 7) is 8.70. The molecule has 4 nitrogen and oxygen atoms in total. The lowest BCUT2D eigenvalue weighted by Crippen LogP contribution is -2.46. The highest BCUT2D eigenvalue weighted by Gasteiger charge is 2.26. The summed E-state index contributed by atoms with van der Waals surface area (Å²) in [5, 5.41) is 0. The van der Waals surface area contributed by atoms with Crippen molar-refractivity contribution in [3.8, 4) is 0 Å². The number of morpholine rings is 1. The molecule has 0 spiro atoms. The number of hydrazine groups is 1. The molecule has 1 fully saturated rings. The number of nitrogens with zero attached hydrogens (tertiary/aromatic N) is 1. The standard InChI is InChI=1S/C15H25N3O/c1-11-9-18(10-12(2)19-11)7-6-13-4-3-5-15-14(13)8-16-17-15/h3,5,11-13,16-17H,4,6-10H2,1-2H3. The molecule has 3 rings (SSSR count). The Labute approximate surface area is 115 Å². The van der Waals surface area contributed by atoms with E-state index in [1.807, 2.05) is 0 Å². The number of hydrogen-bond acceptors (Lipinski definition) is 4. The Morgan fingerprint density at radius 3 is 2.89 bits per heavy atom. The van der Waals surface area contributed by atoms with Crippen LogP contribution >= 0.6 is 0 Å². The number of nitrogens with one attached hydrogen (secondary N) is 2. The predicted octanol–water partition coefficient (Wildman–Crippen LogP) is 1.42. The third kappa shape index (κ3) is 3.02. The molecule has 3 aliphatic rings. The minimum absolute atomic E-state index is 0.375. The van der Waals surface area contributed by atoms with Crippen LogP contribution in [0.3, 0.4) is 0 Å². The van der Waals surface area contributed by atoms with Crippen molar-refractivity contribution >= 4 is 0 Å². The first-order valence-corrected chi connectivity index (χ1v) is 7.48. The molecule has 1 aliphatic carbocycles. The van der Waals surface area contributed by atoms with Crippen LogP contribution in [-0.2, 0) is 4.74 Å². The molecule has 2 heterocycles. The third-order valence-corrected chi connectivity index (χ3v) is 4.33. The topological polar surface area (TPSA) is 36.5 Å². The monoisotopic (exact) mass is 263 g/mol. The second-order valence-corrected chi connectivity index (χ2v) is 6.06. The zero-order chi connectivity index (χ0) is 13.2. The van der Waals surface area contributed by atoms with E-state index in [1.165, 1.54) is 25.1 Å². The maximum atomic E-state index is 5.80. The Morgan fingerprint density at radius 1 is 1.32 bits per heavy atom. The van der Waals surface area contributed by atoms with E-state index >= 15 is 0 Å². The molecule has 3 unspecified atom stereocenters. The summed E-state index contributed by atoms with van der Waals surface area (Å²) in [4.78, 5) is 2.56. The van der Waals surface area contributed by atoms with Crippen molar-refractivity contribution in [2.75, 3.05) is 26.2 Å². The van der Waals surface area contributed by atoms with Gasteiger partial charge in [0, 0.05) is 25.3 Å². The van der Waals surface area contributed by atoms with E-state index < -0.39 is 0 Å².